The molecule has 0 aromatic rings. The van der Waals surface area contributed by atoms with Crippen molar-refractivity contribution in [2.24, 2.45) is 0 Å². The lowest BCUT2D eigenvalue weighted by Crippen LogP contribution is -2.30. The van der Waals surface area contributed by atoms with Crippen LogP contribution in [0.4, 0.5) is 0 Å². The molecule has 0 spiro atoms. The molecule has 0 N–H and O–H groups in total. The second-order valence-corrected chi connectivity index (χ2v) is 24.5. The van der Waals surface area contributed by atoms with Crippen LogP contribution in [0.1, 0.15) is 380 Å². The monoisotopic (exact) mass is 1160 g/mol. The Hall–Kier alpha value is -3.15. The highest BCUT2D eigenvalue weighted by Crippen LogP contribution is 2.18. The van der Waals surface area contributed by atoms with E-state index in [1.165, 1.54) is 250 Å². The highest BCUT2D eigenvalue weighted by molar-refractivity contribution is 5.71. The third kappa shape index (κ3) is 69.5. The van der Waals surface area contributed by atoms with Gasteiger partial charge in [-0.2, -0.15) is 0 Å². The molecule has 0 saturated carbocycles. The second kappa shape index (κ2) is 71.3. The van der Waals surface area contributed by atoms with Gasteiger partial charge in [0.15, 0.2) is 6.10 Å². The van der Waals surface area contributed by atoms with E-state index in [9.17, 15) is 14.4 Å². The molecule has 0 saturated heterocycles. The summed E-state index contributed by atoms with van der Waals surface area (Å²) < 4.78 is 17.0. The van der Waals surface area contributed by atoms with Gasteiger partial charge in [0, 0.05) is 19.3 Å². The topological polar surface area (TPSA) is 78.9 Å². The maximum absolute atomic E-state index is 13.0. The summed E-state index contributed by atoms with van der Waals surface area (Å²) in [7, 11) is 0. The van der Waals surface area contributed by atoms with Gasteiger partial charge in [0.25, 0.3) is 0 Å². The lowest BCUT2D eigenvalue weighted by Gasteiger charge is -2.18. The van der Waals surface area contributed by atoms with Crippen molar-refractivity contribution in [2.45, 2.75) is 386 Å². The molecule has 0 aromatic carbocycles. The number of ether oxygens (including phenoxy) is 3. The van der Waals surface area contributed by atoms with Gasteiger partial charge in [-0.25, -0.2) is 0 Å². The maximum atomic E-state index is 13.0. The van der Waals surface area contributed by atoms with Crippen LogP contribution >= 0.6 is 0 Å². The Morgan fingerprint density at radius 2 is 0.470 bits per heavy atom. The summed E-state index contributed by atoms with van der Waals surface area (Å²) in [5.74, 6) is -0.862. The molecule has 1 atom stereocenters. The molecule has 1 unspecified atom stereocenters. The molecule has 0 bridgehead atoms. The summed E-state index contributed by atoms with van der Waals surface area (Å²) in [6.07, 6.45) is 93.7. The van der Waals surface area contributed by atoms with E-state index in [1.54, 1.807) is 0 Å². The number of unbranched alkanes of at least 4 members (excludes halogenated alkanes) is 44. The number of esters is 3. The van der Waals surface area contributed by atoms with Gasteiger partial charge in [-0.1, -0.05) is 325 Å². The molecule has 0 aliphatic rings. The maximum Gasteiger partial charge on any atom is 0.306 e. The van der Waals surface area contributed by atoms with Crippen LogP contribution < -0.4 is 0 Å². The van der Waals surface area contributed by atoms with Crippen molar-refractivity contribution in [2.75, 3.05) is 13.2 Å². The Labute approximate surface area is 516 Å². The largest absolute Gasteiger partial charge is 0.462 e. The third-order valence-corrected chi connectivity index (χ3v) is 16.2. The first-order valence-electron chi connectivity index (χ1n) is 36.4. The van der Waals surface area contributed by atoms with Gasteiger partial charge in [0.05, 0.1) is 0 Å². The van der Waals surface area contributed by atoms with Gasteiger partial charge in [-0.15, -0.1) is 0 Å². The molecule has 0 aliphatic heterocycles. The number of carbonyl (C=O) groups is 3. The zero-order valence-electron chi connectivity index (χ0n) is 55.5. The minimum Gasteiger partial charge on any atom is -0.462 e. The predicted molar refractivity (Wildman–Crippen MR) is 362 cm³/mol. The quantitative estimate of drug-likeness (QED) is 0.0261. The predicted octanol–water partition coefficient (Wildman–Crippen LogP) is 25.2. The summed E-state index contributed by atoms with van der Waals surface area (Å²) >= 11 is 0. The van der Waals surface area contributed by atoms with Crippen LogP contribution in [0.5, 0.6) is 0 Å². The molecular formula is C77H138O6. The summed E-state index contributed by atoms with van der Waals surface area (Å²) in [6, 6.07) is 0. The molecule has 6 nitrogen and oxygen atoms in total. The minimum absolute atomic E-state index is 0.0742. The molecule has 83 heavy (non-hydrogen) atoms. The SMILES string of the molecule is CC/C=C\C/C=C\C/C=C\C/C=C\CCCCCCCCCCCCCCCCCCCCC(=O)OCC(COC(=O)CCCCCCC/C=C\CCCCCC)OC(=O)CCCCCCCCCCC/C=C\CCCCCCCCCC. The van der Waals surface area contributed by atoms with E-state index >= 15 is 0 Å². The summed E-state index contributed by atoms with van der Waals surface area (Å²) in [6.45, 7) is 6.56. The van der Waals surface area contributed by atoms with E-state index in [-0.39, 0.29) is 31.1 Å². The van der Waals surface area contributed by atoms with E-state index in [4.69, 9.17) is 14.2 Å². The Bertz CT molecular complexity index is 1520. The fourth-order valence-corrected chi connectivity index (χ4v) is 10.7. The Morgan fingerprint density at radius 3 is 0.759 bits per heavy atom. The Kier molecular flexibility index (Phi) is 68.6. The molecule has 0 aliphatic carbocycles. The molecule has 482 valence electrons. The van der Waals surface area contributed by atoms with Crippen LogP contribution in [0.2, 0.25) is 0 Å². The van der Waals surface area contributed by atoms with Gasteiger partial charge < -0.3 is 14.2 Å². The zero-order valence-corrected chi connectivity index (χ0v) is 55.5. The lowest BCUT2D eigenvalue weighted by atomic mass is 10.0. The Balaban J connectivity index is 4.19. The lowest BCUT2D eigenvalue weighted by molar-refractivity contribution is -0.167. The molecule has 6 heteroatoms. The van der Waals surface area contributed by atoms with E-state index in [0.717, 1.165) is 89.9 Å². The normalized spacial score (nSPS) is 12.5. The van der Waals surface area contributed by atoms with Gasteiger partial charge in [0.2, 0.25) is 0 Å². The van der Waals surface area contributed by atoms with Crippen LogP contribution in [0.25, 0.3) is 0 Å². The number of allylic oxidation sites excluding steroid dienone is 12. The number of hydrogen-bond donors (Lipinski definition) is 0. The first kappa shape index (κ1) is 79.8. The van der Waals surface area contributed by atoms with E-state index in [2.05, 4.69) is 93.7 Å². The molecule has 0 heterocycles. The van der Waals surface area contributed by atoms with Crippen LogP contribution in [-0.2, 0) is 28.6 Å². The van der Waals surface area contributed by atoms with Crippen molar-refractivity contribution in [3.8, 4) is 0 Å². The first-order valence-corrected chi connectivity index (χ1v) is 36.4. The van der Waals surface area contributed by atoms with Gasteiger partial charge in [0.1, 0.15) is 13.2 Å². The molecule has 0 aromatic heterocycles. The van der Waals surface area contributed by atoms with Crippen molar-refractivity contribution in [3.63, 3.8) is 0 Å². The van der Waals surface area contributed by atoms with Crippen LogP contribution in [0.15, 0.2) is 72.9 Å². The standard InChI is InChI=1S/C77H138O6/c1-4-7-10-13-16-19-22-25-27-29-31-33-34-35-36-37-38-39-40-41-42-44-45-47-49-52-55-58-61-64-67-70-76(79)82-73-74(72-81-75(78)69-66-63-60-57-54-51-24-21-18-15-12-9-6-3)83-77(80)71-68-65-62-59-56-53-50-48-46-43-32-30-28-26-23-20-17-14-11-8-5-2/h7,10,16,19,21,24-25,27,30-33,74H,4-6,8-9,11-15,17-18,20,22-23,26,28-29,34-73H2,1-3H3/b10-7-,19-16-,24-21-,27-25-,32-30-,33-31-. The summed E-state index contributed by atoms with van der Waals surface area (Å²) in [5, 5.41) is 0. The Morgan fingerprint density at radius 1 is 0.253 bits per heavy atom. The molecule has 0 fully saturated rings. The van der Waals surface area contributed by atoms with Gasteiger partial charge in [-0.05, 0) is 109 Å². The smallest absolute Gasteiger partial charge is 0.306 e. The third-order valence-electron chi connectivity index (χ3n) is 16.2. The zero-order chi connectivity index (χ0) is 59.9. The molecule has 0 radical (unpaired) electrons. The van der Waals surface area contributed by atoms with Crippen molar-refractivity contribution in [1.29, 1.82) is 0 Å². The summed E-state index contributed by atoms with van der Waals surface area (Å²) in [4.78, 5) is 38.4. The van der Waals surface area contributed by atoms with E-state index in [0.29, 0.717) is 19.3 Å². The van der Waals surface area contributed by atoms with Crippen molar-refractivity contribution >= 4 is 17.9 Å². The highest BCUT2D eigenvalue weighted by Gasteiger charge is 2.19. The second-order valence-electron chi connectivity index (χ2n) is 24.5. The highest BCUT2D eigenvalue weighted by atomic mass is 16.6. The fraction of sp³-hybridized carbons (Fsp3) is 0.805. The average molecular weight is 1160 g/mol. The average Bonchev–Trinajstić information content (AvgIpc) is 3.49. The minimum atomic E-state index is -0.779. The van der Waals surface area contributed by atoms with Crippen LogP contribution in [0.3, 0.4) is 0 Å². The fourth-order valence-electron chi connectivity index (χ4n) is 10.7. The summed E-state index contributed by atoms with van der Waals surface area (Å²) in [5.41, 5.74) is 0. The molecule has 0 amide bonds. The number of rotatable bonds is 67. The van der Waals surface area contributed by atoms with Crippen molar-refractivity contribution in [1.82, 2.24) is 0 Å². The number of hydrogen-bond acceptors (Lipinski definition) is 6. The van der Waals surface area contributed by atoms with Crippen molar-refractivity contribution < 1.29 is 28.6 Å². The van der Waals surface area contributed by atoms with Gasteiger partial charge >= 0.3 is 17.9 Å². The van der Waals surface area contributed by atoms with Gasteiger partial charge in [-0.3, -0.25) is 14.4 Å². The molecule has 0 rings (SSSR count). The molecular weight excluding hydrogens is 1020 g/mol. The van der Waals surface area contributed by atoms with Crippen molar-refractivity contribution in [3.05, 3.63) is 72.9 Å². The number of carbonyl (C=O) groups excluding carboxylic acids is 3. The van der Waals surface area contributed by atoms with E-state index < -0.39 is 6.10 Å². The van der Waals surface area contributed by atoms with Crippen LogP contribution in [0, 0.1) is 0 Å². The van der Waals surface area contributed by atoms with Crippen LogP contribution in [-0.4, -0.2) is 37.2 Å². The first-order chi connectivity index (χ1) is 41.0. The van der Waals surface area contributed by atoms with E-state index in [1.807, 2.05) is 0 Å².